The number of hydrogen-bond donors (Lipinski definition) is 2. The van der Waals surface area contributed by atoms with Crippen LogP contribution in [0.3, 0.4) is 0 Å². The number of carboxylic acids is 1. The fourth-order valence-corrected chi connectivity index (χ4v) is 2.18. The number of aliphatic carboxylic acids is 1. The summed E-state index contributed by atoms with van der Waals surface area (Å²) in [6.07, 6.45) is 3.73. The largest absolute Gasteiger partial charge is 0.481 e. The van der Waals surface area contributed by atoms with Crippen LogP contribution < -0.4 is 5.32 Å². The fraction of sp³-hybridized carbons (Fsp3) is 0.818. The van der Waals surface area contributed by atoms with E-state index in [2.05, 4.69) is 5.32 Å². The molecule has 0 aromatic heterocycles. The maximum atomic E-state index is 11.9. The number of nitrogens with zero attached hydrogens (tertiary/aromatic N) is 1. The molecule has 17 heavy (non-hydrogen) atoms. The Bertz CT molecular complexity index is 286. The molecular weight excluding hydrogens is 240 g/mol. The molecule has 2 N–H and O–H groups in total. The van der Waals surface area contributed by atoms with Crippen LogP contribution in [0.15, 0.2) is 0 Å². The molecule has 2 unspecified atom stereocenters. The molecule has 1 fully saturated rings. The summed E-state index contributed by atoms with van der Waals surface area (Å²) in [6, 6.07) is -0.272. The van der Waals surface area contributed by atoms with Gasteiger partial charge >= 0.3 is 12.0 Å². The Hall–Kier alpha value is -0.910. The van der Waals surface area contributed by atoms with Gasteiger partial charge in [-0.3, -0.25) is 4.79 Å². The number of likely N-dealkylation sites (tertiary alicyclic amines) is 1. The summed E-state index contributed by atoms with van der Waals surface area (Å²) in [5, 5.41) is 12.0. The van der Waals surface area contributed by atoms with E-state index in [1.54, 1.807) is 16.7 Å². The zero-order valence-corrected chi connectivity index (χ0v) is 11.1. The molecule has 0 bridgehead atoms. The smallest absolute Gasteiger partial charge is 0.317 e. The van der Waals surface area contributed by atoms with Gasteiger partial charge in [-0.15, -0.1) is 0 Å². The third-order valence-corrected chi connectivity index (χ3v) is 3.96. The van der Waals surface area contributed by atoms with E-state index in [0.29, 0.717) is 18.3 Å². The second-order valence-electron chi connectivity index (χ2n) is 4.32. The molecule has 0 aliphatic carbocycles. The summed E-state index contributed by atoms with van der Waals surface area (Å²) in [7, 11) is 0. The van der Waals surface area contributed by atoms with Gasteiger partial charge in [-0.05, 0) is 19.1 Å². The summed E-state index contributed by atoms with van der Waals surface area (Å²) < 4.78 is 0. The average Bonchev–Trinajstić information content (AvgIpc) is 2.72. The zero-order valence-electron chi connectivity index (χ0n) is 10.3. The van der Waals surface area contributed by atoms with E-state index in [0.717, 1.165) is 12.8 Å². The molecule has 0 spiro atoms. The van der Waals surface area contributed by atoms with E-state index in [1.807, 2.05) is 13.2 Å². The first-order valence-corrected chi connectivity index (χ1v) is 7.12. The maximum Gasteiger partial charge on any atom is 0.317 e. The monoisotopic (exact) mass is 260 g/mol. The van der Waals surface area contributed by atoms with Crippen molar-refractivity contribution in [2.45, 2.75) is 37.5 Å². The van der Waals surface area contributed by atoms with Gasteiger partial charge in [0.25, 0.3) is 0 Å². The molecule has 5 nitrogen and oxygen atoms in total. The van der Waals surface area contributed by atoms with Gasteiger partial charge in [0.2, 0.25) is 0 Å². The lowest BCUT2D eigenvalue weighted by molar-refractivity contribution is -0.137. The molecule has 98 valence electrons. The summed E-state index contributed by atoms with van der Waals surface area (Å²) in [5.74, 6) is -0.841. The topological polar surface area (TPSA) is 69.6 Å². The highest BCUT2D eigenvalue weighted by Crippen LogP contribution is 2.20. The number of carbonyl (C=O) groups excluding carboxylic acids is 1. The van der Waals surface area contributed by atoms with Crippen molar-refractivity contribution in [1.82, 2.24) is 10.2 Å². The van der Waals surface area contributed by atoms with E-state index in [9.17, 15) is 9.59 Å². The summed E-state index contributed by atoms with van der Waals surface area (Å²) >= 11 is 1.69. The number of carbonyl (C=O) groups is 2. The van der Waals surface area contributed by atoms with Crippen LogP contribution in [0.2, 0.25) is 0 Å². The number of carboxylic acid groups (broad SMARTS) is 1. The van der Waals surface area contributed by atoms with Gasteiger partial charge < -0.3 is 15.3 Å². The molecular formula is C11H20N2O3S. The van der Waals surface area contributed by atoms with Crippen molar-refractivity contribution in [2.24, 2.45) is 0 Å². The predicted octanol–water partition coefficient (Wildman–Crippen LogP) is 1.39. The van der Waals surface area contributed by atoms with Gasteiger partial charge in [-0.1, -0.05) is 6.92 Å². The summed E-state index contributed by atoms with van der Waals surface area (Å²) in [6.45, 7) is 3.33. The van der Waals surface area contributed by atoms with Crippen LogP contribution in [0.25, 0.3) is 0 Å². The Labute approximate surface area is 106 Å². The lowest BCUT2D eigenvalue weighted by Gasteiger charge is -2.24. The molecule has 0 saturated carbocycles. The number of thioether (sulfide) groups is 1. The third kappa shape index (κ3) is 4.46. The Morgan fingerprint density at radius 3 is 2.88 bits per heavy atom. The quantitative estimate of drug-likeness (QED) is 0.783. The molecule has 2 atom stereocenters. The minimum atomic E-state index is -0.841. The second-order valence-corrected chi connectivity index (χ2v) is 5.60. The van der Waals surface area contributed by atoms with Crippen LogP contribution in [-0.4, -0.2) is 52.6 Å². The number of nitrogens with one attached hydrogen (secondary N) is 1. The van der Waals surface area contributed by atoms with Crippen LogP contribution >= 0.6 is 11.8 Å². The van der Waals surface area contributed by atoms with Crippen molar-refractivity contribution in [2.75, 3.05) is 19.3 Å². The van der Waals surface area contributed by atoms with Crippen molar-refractivity contribution in [3.63, 3.8) is 0 Å². The number of amides is 2. The highest BCUT2D eigenvalue weighted by atomic mass is 32.2. The van der Waals surface area contributed by atoms with E-state index < -0.39 is 5.97 Å². The average molecular weight is 260 g/mol. The first-order chi connectivity index (χ1) is 8.04. The second kappa shape index (κ2) is 6.74. The van der Waals surface area contributed by atoms with Crippen LogP contribution in [0, 0.1) is 0 Å². The molecule has 1 aliphatic rings. The van der Waals surface area contributed by atoms with E-state index in [1.165, 1.54) is 0 Å². The zero-order chi connectivity index (χ0) is 12.8. The minimum absolute atomic E-state index is 0.0471. The molecule has 0 aromatic carbocycles. The lowest BCUT2D eigenvalue weighted by atomic mass is 10.1. The highest BCUT2D eigenvalue weighted by Gasteiger charge is 2.30. The Morgan fingerprint density at radius 1 is 1.59 bits per heavy atom. The Morgan fingerprint density at radius 2 is 2.29 bits per heavy atom. The summed E-state index contributed by atoms with van der Waals surface area (Å²) in [5.41, 5.74) is 0. The molecule has 1 aliphatic heterocycles. The van der Waals surface area contributed by atoms with Gasteiger partial charge in [0, 0.05) is 24.4 Å². The van der Waals surface area contributed by atoms with Gasteiger partial charge in [-0.2, -0.15) is 11.8 Å². The van der Waals surface area contributed by atoms with Crippen molar-refractivity contribution >= 4 is 23.8 Å². The number of urea groups is 1. The molecule has 1 saturated heterocycles. The van der Waals surface area contributed by atoms with E-state index in [4.69, 9.17) is 5.11 Å². The molecule has 6 heteroatoms. The Kier molecular flexibility index (Phi) is 5.61. The van der Waals surface area contributed by atoms with E-state index in [-0.39, 0.29) is 18.5 Å². The highest BCUT2D eigenvalue weighted by molar-refractivity contribution is 7.99. The number of rotatable bonds is 5. The molecule has 2 amide bonds. The first-order valence-electron chi connectivity index (χ1n) is 5.83. The third-order valence-electron chi connectivity index (χ3n) is 2.99. The van der Waals surface area contributed by atoms with Crippen LogP contribution in [0.4, 0.5) is 4.79 Å². The number of hydrogen-bond acceptors (Lipinski definition) is 3. The lowest BCUT2D eigenvalue weighted by Crippen LogP contribution is -2.45. The molecule has 0 aromatic rings. The van der Waals surface area contributed by atoms with Crippen molar-refractivity contribution in [1.29, 1.82) is 0 Å². The molecule has 0 radical (unpaired) electrons. The van der Waals surface area contributed by atoms with Crippen molar-refractivity contribution in [3.8, 4) is 0 Å². The van der Waals surface area contributed by atoms with Crippen molar-refractivity contribution < 1.29 is 14.7 Å². The predicted molar refractivity (Wildman–Crippen MR) is 68.4 cm³/mol. The van der Waals surface area contributed by atoms with E-state index >= 15 is 0 Å². The van der Waals surface area contributed by atoms with Crippen molar-refractivity contribution in [3.05, 3.63) is 0 Å². The molecule has 1 heterocycles. The van der Waals surface area contributed by atoms with Crippen LogP contribution in [-0.2, 0) is 4.79 Å². The normalized spacial score (nSPS) is 21.3. The van der Waals surface area contributed by atoms with Crippen LogP contribution in [0.1, 0.15) is 26.2 Å². The van der Waals surface area contributed by atoms with Gasteiger partial charge in [-0.25, -0.2) is 4.79 Å². The Balaban J connectivity index is 2.41. The fourth-order valence-electron chi connectivity index (χ4n) is 1.93. The SMILES string of the molecule is CSC(C)CNC(=O)N1CCCC1CC(=O)O. The van der Waals surface area contributed by atoms with Crippen LogP contribution in [0.5, 0.6) is 0 Å². The summed E-state index contributed by atoms with van der Waals surface area (Å²) in [4.78, 5) is 24.2. The van der Waals surface area contributed by atoms with Gasteiger partial charge in [0.05, 0.1) is 6.42 Å². The van der Waals surface area contributed by atoms with Gasteiger partial charge in [0.15, 0.2) is 0 Å². The maximum absolute atomic E-state index is 11.9. The first kappa shape index (κ1) is 14.2. The molecule has 1 rings (SSSR count). The standard InChI is InChI=1S/C11H20N2O3S/c1-8(17-2)7-12-11(16)13-5-3-4-9(13)6-10(14)15/h8-9H,3-7H2,1-2H3,(H,12,16)(H,14,15). The minimum Gasteiger partial charge on any atom is -0.481 e. The van der Waals surface area contributed by atoms with Gasteiger partial charge in [0.1, 0.15) is 0 Å².